The summed E-state index contributed by atoms with van der Waals surface area (Å²) in [6.07, 6.45) is 3.26. The van der Waals surface area contributed by atoms with E-state index in [0.29, 0.717) is 0 Å². The molecule has 0 amide bonds. The van der Waals surface area contributed by atoms with Crippen LogP contribution in [0.1, 0.15) is 34.2 Å². The Hall–Kier alpha value is 3.01. The van der Waals surface area contributed by atoms with Gasteiger partial charge in [-0.25, -0.2) is 0 Å². The van der Waals surface area contributed by atoms with E-state index in [9.17, 15) is 0 Å². The predicted molar refractivity (Wildman–Crippen MR) is 172 cm³/mol. The minimum Gasteiger partial charge on any atom is -0.0725 e. The highest BCUT2D eigenvalue weighted by molar-refractivity contribution is 14.1. The number of hydrogen-bond donors (Lipinski definition) is 0. The van der Waals surface area contributed by atoms with Crippen molar-refractivity contribution >= 4 is 163 Å². The second-order valence-electron chi connectivity index (χ2n) is 6.51. The van der Waals surface area contributed by atoms with E-state index < -0.39 is 6.49 Å². The van der Waals surface area contributed by atoms with Crippen LogP contribution in [0.5, 0.6) is 0 Å². The third-order valence-corrected chi connectivity index (χ3v) is 13.3. The third-order valence-electron chi connectivity index (χ3n) is 4.70. The lowest BCUT2D eigenvalue weighted by molar-refractivity contribution is 0.805. The van der Waals surface area contributed by atoms with Gasteiger partial charge in [0.15, 0.2) is 0 Å². The minimum atomic E-state index is -0.429. The van der Waals surface area contributed by atoms with Crippen molar-refractivity contribution in [3.8, 4) is 0 Å². The Morgan fingerprint density at radius 1 is 0.593 bits per heavy atom. The Kier molecular flexibility index (Phi) is 10.9. The van der Waals surface area contributed by atoms with E-state index in [0.717, 1.165) is 24.7 Å². The zero-order chi connectivity index (χ0) is 20.6. The van der Waals surface area contributed by atoms with Crippen LogP contribution in [0.4, 0.5) is 0 Å². The average molecular weight is 1030 g/mol. The average Bonchev–Trinajstić information content (AvgIpc) is 2.61. The van der Waals surface area contributed by atoms with Gasteiger partial charge in [-0.15, -0.1) is 0 Å². The van der Waals surface area contributed by atoms with Gasteiger partial charge < -0.3 is 0 Å². The molecule has 2 aromatic carbocycles. The number of hydrogen-bond acceptors (Lipinski definition) is 0. The standard InChI is InChI=1S/C18H15B3I6/c1-7-13(22)8(2)15(24)10(14(7)23)5-4-6-11-16(25)9(3)17(26)12(18(11)27)21(19)20/h4-6H2,1-3H3. The number of benzene rings is 2. The van der Waals surface area contributed by atoms with E-state index in [1.165, 1.54) is 49.2 Å². The SMILES string of the molecule is [B]B([B])c1c(I)c(C)c(I)c(CCCc2c(I)c(C)c(I)c(C)c2I)c1I. The largest absolute Gasteiger partial charge is 0.0834 e. The van der Waals surface area contributed by atoms with E-state index in [4.69, 9.17) is 15.5 Å². The van der Waals surface area contributed by atoms with Gasteiger partial charge in [0, 0.05) is 36.9 Å². The maximum Gasteiger partial charge on any atom is 0.0834 e. The fourth-order valence-electron chi connectivity index (χ4n) is 3.08. The molecule has 9 heteroatoms. The first-order valence-electron chi connectivity index (χ1n) is 8.30. The highest BCUT2D eigenvalue weighted by atomic mass is 127. The number of halogens is 6. The molecular weight excluding hydrogens is 1010 g/mol. The topological polar surface area (TPSA) is 0 Å². The lowest BCUT2D eigenvalue weighted by Gasteiger charge is -2.20. The first kappa shape index (κ1) is 26.3. The van der Waals surface area contributed by atoms with Crippen LogP contribution in [0.2, 0.25) is 0 Å². The summed E-state index contributed by atoms with van der Waals surface area (Å²) in [5, 5.41) is 0. The predicted octanol–water partition coefficient (Wildman–Crippen LogP) is 6.45. The van der Waals surface area contributed by atoms with E-state index in [2.05, 4.69) is 156 Å². The van der Waals surface area contributed by atoms with Crippen LogP contribution >= 0.6 is 136 Å². The van der Waals surface area contributed by atoms with Crippen LogP contribution in [-0.2, 0) is 12.8 Å². The lowest BCUT2D eigenvalue weighted by atomic mass is 9.17. The van der Waals surface area contributed by atoms with E-state index in [1.807, 2.05) is 0 Å². The van der Waals surface area contributed by atoms with Crippen molar-refractivity contribution in [3.63, 3.8) is 0 Å². The molecule has 4 radical (unpaired) electrons. The van der Waals surface area contributed by atoms with Gasteiger partial charge in [0.25, 0.3) is 0 Å². The number of rotatable bonds is 5. The molecule has 0 atom stereocenters. The Balaban J connectivity index is 2.35. The first-order valence-corrected chi connectivity index (χ1v) is 14.8. The molecule has 0 aromatic heterocycles. The smallest absolute Gasteiger partial charge is 0.0725 e. The van der Waals surface area contributed by atoms with Crippen LogP contribution in [-0.4, -0.2) is 22.0 Å². The second-order valence-corrected chi connectivity index (χ2v) is 13.0. The summed E-state index contributed by atoms with van der Waals surface area (Å²) in [4.78, 5) is 0. The molecule has 0 N–H and O–H groups in total. The molecule has 0 bridgehead atoms. The van der Waals surface area contributed by atoms with Gasteiger partial charge in [-0.3, -0.25) is 0 Å². The summed E-state index contributed by atoms with van der Waals surface area (Å²) < 4.78 is 8.02. The Morgan fingerprint density at radius 2 is 0.963 bits per heavy atom. The molecule has 2 aromatic rings. The van der Waals surface area contributed by atoms with Crippen molar-refractivity contribution in [1.82, 2.24) is 0 Å². The van der Waals surface area contributed by atoms with E-state index in [-0.39, 0.29) is 0 Å². The molecule has 27 heavy (non-hydrogen) atoms. The summed E-state index contributed by atoms with van der Waals surface area (Å²) in [5.74, 6) is 0. The molecule has 138 valence electrons. The van der Waals surface area contributed by atoms with Crippen molar-refractivity contribution < 1.29 is 0 Å². The monoisotopic (exact) mass is 1030 g/mol. The molecule has 0 saturated heterocycles. The summed E-state index contributed by atoms with van der Waals surface area (Å²) in [6.45, 7) is 6.22. The molecule has 0 unspecified atom stereocenters. The van der Waals surface area contributed by atoms with Gasteiger partial charge in [0.1, 0.15) is 0 Å². The van der Waals surface area contributed by atoms with Crippen molar-refractivity contribution in [1.29, 1.82) is 0 Å². The van der Waals surface area contributed by atoms with Gasteiger partial charge in [0.2, 0.25) is 0 Å². The normalized spacial score (nSPS) is 11.1. The molecule has 0 nitrogen and oxygen atoms in total. The molecule has 2 rings (SSSR count). The third kappa shape index (κ3) is 5.69. The molecular formula is C18H15B3I6. The molecule has 0 saturated carbocycles. The van der Waals surface area contributed by atoms with Crippen LogP contribution < -0.4 is 5.46 Å². The minimum absolute atomic E-state index is 0.429. The summed E-state index contributed by atoms with van der Waals surface area (Å²) in [5.41, 5.74) is 8.11. The van der Waals surface area contributed by atoms with Crippen LogP contribution in [0, 0.1) is 42.2 Å². The highest BCUT2D eigenvalue weighted by Gasteiger charge is 2.20. The van der Waals surface area contributed by atoms with Crippen molar-refractivity contribution in [2.75, 3.05) is 0 Å². The van der Waals surface area contributed by atoms with Crippen molar-refractivity contribution in [2.45, 2.75) is 40.0 Å². The van der Waals surface area contributed by atoms with E-state index in [1.54, 1.807) is 0 Å². The molecule has 0 aliphatic heterocycles. The van der Waals surface area contributed by atoms with Gasteiger partial charge in [-0.1, -0.05) is 5.46 Å². The van der Waals surface area contributed by atoms with Gasteiger partial charge >= 0.3 is 0 Å². The zero-order valence-electron chi connectivity index (χ0n) is 15.1. The van der Waals surface area contributed by atoms with Crippen LogP contribution in [0.3, 0.4) is 0 Å². The Bertz CT molecular complexity index is 867. The maximum absolute atomic E-state index is 6.07. The molecule has 0 spiro atoms. The van der Waals surface area contributed by atoms with Gasteiger partial charge in [-0.2, -0.15) is 0 Å². The Morgan fingerprint density at radius 3 is 1.37 bits per heavy atom. The van der Waals surface area contributed by atoms with Crippen LogP contribution in [0.15, 0.2) is 0 Å². The van der Waals surface area contributed by atoms with Crippen molar-refractivity contribution in [3.05, 3.63) is 49.2 Å². The maximum atomic E-state index is 6.07. The summed E-state index contributed by atoms with van der Waals surface area (Å²) >= 11 is 14.8. The fraction of sp³-hybridized carbons (Fsp3) is 0.333. The highest BCUT2D eigenvalue weighted by Crippen LogP contribution is 2.33. The Labute approximate surface area is 247 Å². The molecule has 0 heterocycles. The van der Waals surface area contributed by atoms with Crippen molar-refractivity contribution in [2.24, 2.45) is 0 Å². The fourth-order valence-corrected chi connectivity index (χ4v) is 11.2. The van der Waals surface area contributed by atoms with E-state index >= 15 is 0 Å². The molecule has 0 aliphatic rings. The first-order chi connectivity index (χ1) is 12.5. The summed E-state index contributed by atoms with van der Waals surface area (Å²) in [7, 11) is 12.1. The second kappa shape index (κ2) is 11.2. The zero-order valence-corrected chi connectivity index (χ0v) is 28.1. The molecule has 0 aliphatic carbocycles. The van der Waals surface area contributed by atoms with Gasteiger partial charge in [0.05, 0.1) is 6.49 Å². The molecule has 0 fully saturated rings. The summed E-state index contributed by atoms with van der Waals surface area (Å²) in [6, 6.07) is 0. The quantitative estimate of drug-likeness (QED) is 0.239. The lowest BCUT2D eigenvalue weighted by Crippen LogP contribution is -2.38. The van der Waals surface area contributed by atoms with Gasteiger partial charge in [-0.05, 0) is 203 Å². The van der Waals surface area contributed by atoms with Crippen LogP contribution in [0.25, 0.3) is 0 Å².